The quantitative estimate of drug-likeness (QED) is 0.579. The number of amides is 1. The van der Waals surface area contributed by atoms with Crippen molar-refractivity contribution in [2.45, 2.75) is 11.8 Å². The molecule has 0 bridgehead atoms. The molecule has 1 aromatic heterocycles. The maximum atomic E-state index is 13.8. The number of thioether (sulfide) groups is 1. The summed E-state index contributed by atoms with van der Waals surface area (Å²) < 4.78 is 19.3. The Morgan fingerprint density at radius 2 is 1.72 bits per heavy atom. The molecule has 4 rings (SSSR count). The van der Waals surface area contributed by atoms with Crippen LogP contribution in [-0.4, -0.2) is 57.8 Å². The van der Waals surface area contributed by atoms with Gasteiger partial charge in [-0.25, -0.2) is 4.39 Å². The van der Waals surface area contributed by atoms with Crippen LogP contribution in [0.2, 0.25) is 0 Å². The second-order valence-electron chi connectivity index (χ2n) is 6.78. The number of rotatable bonds is 6. The van der Waals surface area contributed by atoms with E-state index in [1.165, 1.54) is 23.4 Å². The number of carbonyl (C=O) groups excluding carboxylic acids is 1. The molecule has 2 aromatic carbocycles. The van der Waals surface area contributed by atoms with E-state index < -0.39 is 5.82 Å². The summed E-state index contributed by atoms with van der Waals surface area (Å²) in [6.45, 7) is 4.01. The fourth-order valence-electron chi connectivity index (χ4n) is 3.22. The van der Waals surface area contributed by atoms with Crippen LogP contribution in [0.5, 0.6) is 0 Å². The molecule has 0 radical (unpaired) electrons. The summed E-state index contributed by atoms with van der Waals surface area (Å²) in [5.74, 6) is -0.0397. The molecule has 0 spiro atoms. The summed E-state index contributed by atoms with van der Waals surface area (Å²) in [6.07, 6.45) is 0. The molecule has 0 N–H and O–H groups in total. The molecule has 0 atom stereocenters. The summed E-state index contributed by atoms with van der Waals surface area (Å²) in [6, 6.07) is 16.6. The predicted octanol–water partition coefficient (Wildman–Crippen LogP) is 3.31. The molecular weight excluding hydrogens is 391 g/mol. The first-order chi connectivity index (χ1) is 14.2. The molecule has 1 saturated heterocycles. The number of piperazine rings is 1. The smallest absolute Gasteiger partial charge is 0.277 e. The Hall–Kier alpha value is -2.71. The van der Waals surface area contributed by atoms with E-state index in [0.717, 1.165) is 19.6 Å². The van der Waals surface area contributed by atoms with Crippen molar-refractivity contribution in [1.29, 1.82) is 0 Å². The van der Waals surface area contributed by atoms with Crippen molar-refractivity contribution < 1.29 is 13.6 Å². The van der Waals surface area contributed by atoms with E-state index >= 15 is 0 Å². The summed E-state index contributed by atoms with van der Waals surface area (Å²) in [5.41, 5.74) is 1.54. The molecule has 6 nitrogen and oxygen atoms in total. The van der Waals surface area contributed by atoms with Gasteiger partial charge in [-0.05, 0) is 17.7 Å². The Labute approximate surface area is 172 Å². The third kappa shape index (κ3) is 5.02. The summed E-state index contributed by atoms with van der Waals surface area (Å²) in [7, 11) is 0. The molecule has 29 heavy (non-hydrogen) atoms. The van der Waals surface area contributed by atoms with Gasteiger partial charge in [0.1, 0.15) is 5.82 Å². The van der Waals surface area contributed by atoms with Gasteiger partial charge in [0.05, 0.1) is 11.3 Å². The van der Waals surface area contributed by atoms with Crippen LogP contribution in [-0.2, 0) is 11.3 Å². The lowest BCUT2D eigenvalue weighted by Crippen LogP contribution is -2.48. The van der Waals surface area contributed by atoms with Gasteiger partial charge >= 0.3 is 0 Å². The van der Waals surface area contributed by atoms with E-state index in [2.05, 4.69) is 27.2 Å². The number of hydrogen-bond acceptors (Lipinski definition) is 6. The second-order valence-corrected chi connectivity index (χ2v) is 7.71. The van der Waals surface area contributed by atoms with E-state index in [4.69, 9.17) is 4.42 Å². The van der Waals surface area contributed by atoms with Gasteiger partial charge in [-0.3, -0.25) is 9.69 Å². The van der Waals surface area contributed by atoms with Crippen LogP contribution in [0.1, 0.15) is 5.56 Å². The number of carbonyl (C=O) groups is 1. The van der Waals surface area contributed by atoms with Crippen LogP contribution in [0.4, 0.5) is 4.39 Å². The standard InChI is InChI=1S/C21H21FN4O2S/c22-18-9-5-4-8-17(18)20-23-24-21(28-20)29-15-19(27)26-12-10-25(11-13-26)14-16-6-2-1-3-7-16/h1-9H,10-15H2. The van der Waals surface area contributed by atoms with Gasteiger partial charge in [0, 0.05) is 32.7 Å². The van der Waals surface area contributed by atoms with E-state index in [1.54, 1.807) is 18.2 Å². The highest BCUT2D eigenvalue weighted by Gasteiger charge is 2.22. The average molecular weight is 412 g/mol. The Kier molecular flexibility index (Phi) is 6.21. The molecule has 3 aromatic rings. The lowest BCUT2D eigenvalue weighted by molar-refractivity contribution is -0.130. The average Bonchev–Trinajstić information content (AvgIpc) is 3.22. The highest BCUT2D eigenvalue weighted by molar-refractivity contribution is 7.99. The minimum atomic E-state index is -0.419. The first-order valence-corrected chi connectivity index (χ1v) is 10.4. The first-order valence-electron chi connectivity index (χ1n) is 9.44. The third-order valence-electron chi connectivity index (χ3n) is 4.80. The van der Waals surface area contributed by atoms with Crippen molar-refractivity contribution in [3.8, 4) is 11.5 Å². The highest BCUT2D eigenvalue weighted by atomic mass is 32.2. The van der Waals surface area contributed by atoms with Gasteiger partial charge in [-0.15, -0.1) is 10.2 Å². The third-order valence-corrected chi connectivity index (χ3v) is 5.61. The lowest BCUT2D eigenvalue weighted by Gasteiger charge is -2.34. The van der Waals surface area contributed by atoms with E-state index in [-0.39, 0.29) is 28.3 Å². The maximum absolute atomic E-state index is 13.8. The van der Waals surface area contributed by atoms with E-state index in [1.807, 2.05) is 23.1 Å². The van der Waals surface area contributed by atoms with Crippen LogP contribution < -0.4 is 0 Å². The molecule has 0 aliphatic carbocycles. The molecule has 0 unspecified atom stereocenters. The summed E-state index contributed by atoms with van der Waals surface area (Å²) in [4.78, 5) is 16.7. The molecular formula is C21H21FN4O2S. The normalized spacial score (nSPS) is 14.9. The second kappa shape index (κ2) is 9.19. The van der Waals surface area contributed by atoms with Gasteiger partial charge in [0.2, 0.25) is 5.91 Å². The van der Waals surface area contributed by atoms with Gasteiger partial charge < -0.3 is 9.32 Å². The van der Waals surface area contributed by atoms with Crippen molar-refractivity contribution in [3.05, 3.63) is 66.0 Å². The predicted molar refractivity (Wildman–Crippen MR) is 109 cm³/mol. The number of benzene rings is 2. The SMILES string of the molecule is O=C(CSc1nnc(-c2ccccc2F)o1)N1CCN(Cc2ccccc2)CC1. The van der Waals surface area contributed by atoms with Crippen molar-refractivity contribution >= 4 is 17.7 Å². The van der Waals surface area contributed by atoms with E-state index in [0.29, 0.717) is 13.1 Å². The molecule has 1 fully saturated rings. The van der Waals surface area contributed by atoms with Crippen LogP contribution in [0, 0.1) is 5.82 Å². The van der Waals surface area contributed by atoms with Gasteiger partial charge in [0.15, 0.2) is 0 Å². The zero-order valence-electron chi connectivity index (χ0n) is 15.8. The summed E-state index contributed by atoms with van der Waals surface area (Å²) >= 11 is 1.18. The van der Waals surface area contributed by atoms with Crippen molar-refractivity contribution in [3.63, 3.8) is 0 Å². The number of hydrogen-bond donors (Lipinski definition) is 0. The lowest BCUT2D eigenvalue weighted by atomic mass is 10.2. The molecule has 2 heterocycles. The molecule has 8 heteroatoms. The first kappa shape index (κ1) is 19.6. The minimum absolute atomic E-state index is 0.0417. The van der Waals surface area contributed by atoms with Crippen LogP contribution >= 0.6 is 11.8 Å². The number of nitrogens with zero attached hydrogens (tertiary/aromatic N) is 4. The van der Waals surface area contributed by atoms with Crippen LogP contribution in [0.15, 0.2) is 64.2 Å². The van der Waals surface area contributed by atoms with Crippen molar-refractivity contribution in [2.75, 3.05) is 31.9 Å². The molecule has 0 saturated carbocycles. The van der Waals surface area contributed by atoms with Crippen LogP contribution in [0.3, 0.4) is 0 Å². The monoisotopic (exact) mass is 412 g/mol. The molecule has 1 aliphatic heterocycles. The van der Waals surface area contributed by atoms with Crippen molar-refractivity contribution in [1.82, 2.24) is 20.0 Å². The fourth-order valence-corrected chi connectivity index (χ4v) is 3.89. The van der Waals surface area contributed by atoms with Gasteiger partial charge in [-0.2, -0.15) is 0 Å². The minimum Gasteiger partial charge on any atom is -0.411 e. The summed E-state index contributed by atoms with van der Waals surface area (Å²) in [5, 5.41) is 8.05. The highest BCUT2D eigenvalue weighted by Crippen LogP contribution is 2.25. The molecule has 150 valence electrons. The largest absolute Gasteiger partial charge is 0.411 e. The fraction of sp³-hybridized carbons (Fsp3) is 0.286. The zero-order chi connectivity index (χ0) is 20.1. The number of aromatic nitrogens is 2. The Bertz CT molecular complexity index is 958. The topological polar surface area (TPSA) is 62.5 Å². The van der Waals surface area contributed by atoms with Crippen LogP contribution in [0.25, 0.3) is 11.5 Å². The Morgan fingerprint density at radius 3 is 2.48 bits per heavy atom. The van der Waals surface area contributed by atoms with Gasteiger partial charge in [0.25, 0.3) is 11.1 Å². The maximum Gasteiger partial charge on any atom is 0.277 e. The van der Waals surface area contributed by atoms with Crippen molar-refractivity contribution in [2.24, 2.45) is 0 Å². The molecule has 1 amide bonds. The number of halogens is 1. The Balaban J connectivity index is 1.25. The Morgan fingerprint density at radius 1 is 1.00 bits per heavy atom. The van der Waals surface area contributed by atoms with E-state index in [9.17, 15) is 9.18 Å². The molecule has 1 aliphatic rings. The van der Waals surface area contributed by atoms with Gasteiger partial charge in [-0.1, -0.05) is 54.2 Å². The zero-order valence-corrected chi connectivity index (χ0v) is 16.6.